The van der Waals surface area contributed by atoms with Gasteiger partial charge in [0, 0.05) is 45.3 Å². The van der Waals surface area contributed by atoms with E-state index in [-0.39, 0.29) is 18.0 Å². The van der Waals surface area contributed by atoms with Gasteiger partial charge in [0.15, 0.2) is 0 Å². The Hall–Kier alpha value is -1.30. The van der Waals surface area contributed by atoms with Crippen LogP contribution in [0.25, 0.3) is 0 Å². The van der Waals surface area contributed by atoms with Crippen molar-refractivity contribution in [3.63, 3.8) is 0 Å². The predicted molar refractivity (Wildman–Crippen MR) is 75.4 cm³/mol. The van der Waals surface area contributed by atoms with E-state index >= 15 is 0 Å². The Morgan fingerprint density at radius 1 is 1.25 bits per heavy atom. The fourth-order valence-corrected chi connectivity index (χ4v) is 2.78. The zero-order valence-electron chi connectivity index (χ0n) is 12.2. The molecule has 2 rings (SSSR count). The summed E-state index contributed by atoms with van der Waals surface area (Å²) in [5.74, 6) is 0.502. The number of ether oxygens (including phenoxy) is 1. The summed E-state index contributed by atoms with van der Waals surface area (Å²) in [6, 6.07) is 0.205. The summed E-state index contributed by atoms with van der Waals surface area (Å²) in [5, 5.41) is 5.89. The molecule has 2 fully saturated rings. The third kappa shape index (κ3) is 4.37. The summed E-state index contributed by atoms with van der Waals surface area (Å²) in [4.78, 5) is 25.4. The predicted octanol–water partition coefficient (Wildman–Crippen LogP) is 0.723. The van der Waals surface area contributed by atoms with E-state index in [0.717, 1.165) is 25.9 Å². The van der Waals surface area contributed by atoms with Crippen molar-refractivity contribution in [2.24, 2.45) is 5.92 Å². The van der Waals surface area contributed by atoms with Gasteiger partial charge in [0.25, 0.3) is 0 Å². The average molecular weight is 283 g/mol. The molecule has 2 aliphatic rings. The van der Waals surface area contributed by atoms with E-state index in [2.05, 4.69) is 10.6 Å². The Bertz CT molecular complexity index is 335. The highest BCUT2D eigenvalue weighted by molar-refractivity contribution is 5.77. The maximum Gasteiger partial charge on any atom is 0.317 e. The van der Waals surface area contributed by atoms with Gasteiger partial charge in [0.1, 0.15) is 0 Å². The SMILES string of the molecule is CCNC(=O)N1CCC(NC(=O)CC2CCOC2)CC1. The molecule has 0 spiro atoms. The van der Waals surface area contributed by atoms with Gasteiger partial charge in [-0.3, -0.25) is 4.79 Å². The number of nitrogens with zero attached hydrogens (tertiary/aromatic N) is 1. The van der Waals surface area contributed by atoms with Crippen LogP contribution in [-0.4, -0.2) is 55.7 Å². The van der Waals surface area contributed by atoms with Gasteiger partial charge in [-0.25, -0.2) is 4.79 Å². The van der Waals surface area contributed by atoms with E-state index in [1.807, 2.05) is 11.8 Å². The first-order valence-electron chi connectivity index (χ1n) is 7.59. The Morgan fingerprint density at radius 2 is 2.00 bits per heavy atom. The van der Waals surface area contributed by atoms with Crippen molar-refractivity contribution in [2.75, 3.05) is 32.8 Å². The summed E-state index contributed by atoms with van der Waals surface area (Å²) in [6.07, 6.45) is 3.23. The molecule has 2 N–H and O–H groups in total. The van der Waals surface area contributed by atoms with Gasteiger partial charge in [-0.2, -0.15) is 0 Å². The standard InChI is InChI=1S/C14H25N3O3/c1-2-15-14(19)17-6-3-12(4-7-17)16-13(18)9-11-5-8-20-10-11/h11-12H,2-10H2,1H3,(H,15,19)(H,16,18). The topological polar surface area (TPSA) is 70.7 Å². The molecule has 6 nitrogen and oxygen atoms in total. The smallest absolute Gasteiger partial charge is 0.317 e. The Morgan fingerprint density at radius 3 is 2.60 bits per heavy atom. The van der Waals surface area contributed by atoms with Crippen LogP contribution in [0.4, 0.5) is 4.79 Å². The van der Waals surface area contributed by atoms with Gasteiger partial charge in [-0.1, -0.05) is 0 Å². The molecule has 0 aromatic rings. The van der Waals surface area contributed by atoms with Crippen LogP contribution in [0.2, 0.25) is 0 Å². The summed E-state index contributed by atoms with van der Waals surface area (Å²) < 4.78 is 5.28. The zero-order valence-corrected chi connectivity index (χ0v) is 12.2. The second kappa shape index (κ2) is 7.47. The van der Waals surface area contributed by atoms with E-state index < -0.39 is 0 Å². The van der Waals surface area contributed by atoms with Crippen LogP contribution in [-0.2, 0) is 9.53 Å². The van der Waals surface area contributed by atoms with Crippen molar-refractivity contribution in [1.82, 2.24) is 15.5 Å². The molecule has 2 aliphatic heterocycles. The molecule has 1 unspecified atom stereocenters. The van der Waals surface area contributed by atoms with E-state index in [1.54, 1.807) is 0 Å². The molecule has 6 heteroatoms. The minimum absolute atomic E-state index is 0.000353. The highest BCUT2D eigenvalue weighted by Gasteiger charge is 2.25. The number of nitrogens with one attached hydrogen (secondary N) is 2. The average Bonchev–Trinajstić information content (AvgIpc) is 2.92. The first-order valence-corrected chi connectivity index (χ1v) is 7.59. The number of urea groups is 1. The molecule has 0 aromatic carbocycles. The molecule has 114 valence electrons. The van der Waals surface area contributed by atoms with E-state index in [9.17, 15) is 9.59 Å². The zero-order chi connectivity index (χ0) is 14.4. The molecule has 0 bridgehead atoms. The summed E-state index contributed by atoms with van der Waals surface area (Å²) in [7, 11) is 0. The normalized spacial score (nSPS) is 23.6. The maximum absolute atomic E-state index is 11.9. The molecular formula is C14H25N3O3. The molecule has 0 saturated carbocycles. The molecule has 0 aliphatic carbocycles. The quantitative estimate of drug-likeness (QED) is 0.799. The number of amides is 3. The van der Waals surface area contributed by atoms with Crippen LogP contribution in [0.3, 0.4) is 0 Å². The van der Waals surface area contributed by atoms with Gasteiger partial charge in [-0.15, -0.1) is 0 Å². The van der Waals surface area contributed by atoms with Gasteiger partial charge in [0.2, 0.25) is 5.91 Å². The lowest BCUT2D eigenvalue weighted by Gasteiger charge is -2.32. The summed E-state index contributed by atoms with van der Waals surface area (Å²) >= 11 is 0. The largest absolute Gasteiger partial charge is 0.381 e. The van der Waals surface area contributed by atoms with Crippen LogP contribution < -0.4 is 10.6 Å². The number of rotatable bonds is 4. The van der Waals surface area contributed by atoms with E-state index in [4.69, 9.17) is 4.74 Å². The Labute approximate surface area is 120 Å². The van der Waals surface area contributed by atoms with Crippen molar-refractivity contribution in [3.05, 3.63) is 0 Å². The third-order valence-corrected chi connectivity index (χ3v) is 3.97. The molecule has 1 atom stereocenters. The van der Waals surface area contributed by atoms with Crippen LogP contribution in [0.15, 0.2) is 0 Å². The molecule has 0 radical (unpaired) electrons. The van der Waals surface area contributed by atoms with Gasteiger partial charge < -0.3 is 20.3 Å². The first kappa shape index (κ1) is 15.1. The summed E-state index contributed by atoms with van der Waals surface area (Å²) in [6.45, 7) is 5.48. The van der Waals surface area contributed by atoms with Crippen molar-refractivity contribution in [1.29, 1.82) is 0 Å². The van der Waals surface area contributed by atoms with Gasteiger partial charge in [-0.05, 0) is 32.1 Å². The number of piperidine rings is 1. The highest BCUT2D eigenvalue weighted by Crippen LogP contribution is 2.17. The molecule has 20 heavy (non-hydrogen) atoms. The molecule has 3 amide bonds. The van der Waals surface area contributed by atoms with Crippen LogP contribution in [0, 0.1) is 5.92 Å². The first-order chi connectivity index (χ1) is 9.69. The number of hydrogen-bond donors (Lipinski definition) is 2. The summed E-state index contributed by atoms with van der Waals surface area (Å²) in [5.41, 5.74) is 0. The van der Waals surface area contributed by atoms with E-state index in [0.29, 0.717) is 38.6 Å². The molecule has 2 saturated heterocycles. The second-order valence-electron chi connectivity index (χ2n) is 5.60. The minimum atomic E-state index is 0.000353. The van der Waals surface area contributed by atoms with Gasteiger partial charge in [0.05, 0.1) is 0 Å². The van der Waals surface area contributed by atoms with Crippen LogP contribution in [0.1, 0.15) is 32.6 Å². The fraction of sp³-hybridized carbons (Fsp3) is 0.857. The number of carbonyl (C=O) groups is 2. The third-order valence-electron chi connectivity index (χ3n) is 3.97. The van der Waals surface area contributed by atoms with Crippen molar-refractivity contribution >= 4 is 11.9 Å². The number of carbonyl (C=O) groups excluding carboxylic acids is 2. The Kier molecular flexibility index (Phi) is 5.64. The minimum Gasteiger partial charge on any atom is -0.381 e. The second-order valence-corrected chi connectivity index (χ2v) is 5.60. The Balaban J connectivity index is 1.65. The molecule has 2 heterocycles. The lowest BCUT2D eigenvalue weighted by Crippen LogP contribution is -2.49. The van der Waals surface area contributed by atoms with Crippen molar-refractivity contribution < 1.29 is 14.3 Å². The molecular weight excluding hydrogens is 258 g/mol. The highest BCUT2D eigenvalue weighted by atomic mass is 16.5. The van der Waals surface area contributed by atoms with Crippen molar-refractivity contribution in [3.8, 4) is 0 Å². The van der Waals surface area contributed by atoms with Crippen LogP contribution >= 0.6 is 0 Å². The van der Waals surface area contributed by atoms with Crippen molar-refractivity contribution in [2.45, 2.75) is 38.6 Å². The van der Waals surface area contributed by atoms with Gasteiger partial charge >= 0.3 is 6.03 Å². The van der Waals surface area contributed by atoms with Crippen LogP contribution in [0.5, 0.6) is 0 Å². The number of hydrogen-bond acceptors (Lipinski definition) is 3. The lowest BCUT2D eigenvalue weighted by atomic mass is 10.0. The maximum atomic E-state index is 11.9. The molecule has 0 aromatic heterocycles. The monoisotopic (exact) mass is 283 g/mol. The van der Waals surface area contributed by atoms with E-state index in [1.165, 1.54) is 0 Å². The lowest BCUT2D eigenvalue weighted by molar-refractivity contribution is -0.123. The fourth-order valence-electron chi connectivity index (χ4n) is 2.78. The number of likely N-dealkylation sites (tertiary alicyclic amines) is 1.